The van der Waals surface area contributed by atoms with Crippen molar-refractivity contribution in [2.75, 3.05) is 18.4 Å². The SMILES string of the molecule is CC(C)NC(=O)CNCC(=O)Nc1cccc(Cl)c1. The van der Waals surface area contributed by atoms with Crippen molar-refractivity contribution in [3.63, 3.8) is 0 Å². The van der Waals surface area contributed by atoms with Crippen LogP contribution in [0.25, 0.3) is 0 Å². The highest BCUT2D eigenvalue weighted by molar-refractivity contribution is 6.30. The number of nitrogens with one attached hydrogen (secondary N) is 3. The van der Waals surface area contributed by atoms with E-state index in [1.807, 2.05) is 13.8 Å². The standard InChI is InChI=1S/C13H18ClN3O2/c1-9(2)16-12(18)7-15-8-13(19)17-11-5-3-4-10(14)6-11/h3-6,9,15H,7-8H2,1-2H3,(H,16,18)(H,17,19). The molecule has 104 valence electrons. The van der Waals surface area contributed by atoms with Gasteiger partial charge in [-0.3, -0.25) is 14.9 Å². The predicted molar refractivity (Wildman–Crippen MR) is 76.2 cm³/mol. The number of rotatable bonds is 6. The summed E-state index contributed by atoms with van der Waals surface area (Å²) in [6.07, 6.45) is 0. The maximum atomic E-state index is 11.6. The van der Waals surface area contributed by atoms with E-state index in [-0.39, 0.29) is 30.9 Å². The summed E-state index contributed by atoms with van der Waals surface area (Å²) in [5.74, 6) is -0.356. The number of carbonyl (C=O) groups excluding carboxylic acids is 2. The lowest BCUT2D eigenvalue weighted by Crippen LogP contribution is -2.40. The van der Waals surface area contributed by atoms with Gasteiger partial charge in [-0.25, -0.2) is 0 Å². The number of anilines is 1. The van der Waals surface area contributed by atoms with Crippen molar-refractivity contribution in [2.45, 2.75) is 19.9 Å². The van der Waals surface area contributed by atoms with E-state index in [2.05, 4.69) is 16.0 Å². The molecule has 1 aromatic carbocycles. The average molecular weight is 284 g/mol. The Hall–Kier alpha value is -1.59. The lowest BCUT2D eigenvalue weighted by Gasteiger charge is -2.09. The molecule has 19 heavy (non-hydrogen) atoms. The van der Waals surface area contributed by atoms with Crippen LogP contribution in [-0.2, 0) is 9.59 Å². The molecule has 0 spiro atoms. The van der Waals surface area contributed by atoms with Crippen molar-refractivity contribution in [3.8, 4) is 0 Å². The third-order valence-corrected chi connectivity index (χ3v) is 2.36. The number of hydrogen-bond acceptors (Lipinski definition) is 3. The van der Waals surface area contributed by atoms with Gasteiger partial charge in [0.25, 0.3) is 0 Å². The van der Waals surface area contributed by atoms with Crippen LogP contribution in [0.1, 0.15) is 13.8 Å². The summed E-state index contributed by atoms with van der Waals surface area (Å²) in [5, 5.41) is 8.73. The van der Waals surface area contributed by atoms with Gasteiger partial charge in [0, 0.05) is 16.8 Å². The molecular weight excluding hydrogens is 266 g/mol. The Kier molecular flexibility index (Phi) is 6.32. The number of carbonyl (C=O) groups is 2. The summed E-state index contributed by atoms with van der Waals surface area (Å²) in [6, 6.07) is 6.97. The molecule has 0 fully saturated rings. The van der Waals surface area contributed by atoms with E-state index in [0.29, 0.717) is 10.7 Å². The Bertz CT molecular complexity index is 449. The van der Waals surface area contributed by atoms with Crippen LogP contribution in [0, 0.1) is 0 Å². The van der Waals surface area contributed by atoms with E-state index >= 15 is 0 Å². The van der Waals surface area contributed by atoms with Crippen LogP contribution in [0.15, 0.2) is 24.3 Å². The first-order chi connectivity index (χ1) is 8.97. The summed E-state index contributed by atoms with van der Waals surface area (Å²) in [4.78, 5) is 22.9. The summed E-state index contributed by atoms with van der Waals surface area (Å²) in [7, 11) is 0. The van der Waals surface area contributed by atoms with Crippen LogP contribution >= 0.6 is 11.6 Å². The van der Waals surface area contributed by atoms with Gasteiger partial charge in [-0.15, -0.1) is 0 Å². The topological polar surface area (TPSA) is 70.2 Å². The van der Waals surface area contributed by atoms with E-state index in [1.54, 1.807) is 24.3 Å². The van der Waals surface area contributed by atoms with Gasteiger partial charge in [-0.1, -0.05) is 17.7 Å². The minimum absolute atomic E-state index is 0.0675. The van der Waals surface area contributed by atoms with Gasteiger partial charge in [-0.2, -0.15) is 0 Å². The molecule has 0 unspecified atom stereocenters. The van der Waals surface area contributed by atoms with Crippen LogP contribution in [-0.4, -0.2) is 30.9 Å². The maximum Gasteiger partial charge on any atom is 0.238 e. The molecule has 0 aromatic heterocycles. The van der Waals surface area contributed by atoms with Crippen molar-refractivity contribution in [1.82, 2.24) is 10.6 Å². The van der Waals surface area contributed by atoms with E-state index in [9.17, 15) is 9.59 Å². The monoisotopic (exact) mass is 283 g/mol. The zero-order valence-electron chi connectivity index (χ0n) is 11.0. The normalized spacial score (nSPS) is 10.3. The number of halogens is 1. The van der Waals surface area contributed by atoms with Crippen LogP contribution in [0.3, 0.4) is 0 Å². The molecule has 3 N–H and O–H groups in total. The van der Waals surface area contributed by atoms with Crippen molar-refractivity contribution in [3.05, 3.63) is 29.3 Å². The molecule has 0 saturated heterocycles. The Balaban J connectivity index is 2.27. The average Bonchev–Trinajstić information content (AvgIpc) is 2.27. The predicted octanol–water partition coefficient (Wildman–Crippen LogP) is 1.39. The van der Waals surface area contributed by atoms with Crippen LogP contribution in [0.5, 0.6) is 0 Å². The molecular formula is C13H18ClN3O2. The fourth-order valence-corrected chi connectivity index (χ4v) is 1.62. The molecule has 0 heterocycles. The van der Waals surface area contributed by atoms with E-state index in [1.165, 1.54) is 0 Å². The largest absolute Gasteiger partial charge is 0.353 e. The summed E-state index contributed by atoms with van der Waals surface area (Å²) < 4.78 is 0. The molecule has 5 nitrogen and oxygen atoms in total. The fraction of sp³-hybridized carbons (Fsp3) is 0.385. The van der Waals surface area contributed by atoms with Gasteiger partial charge in [0.15, 0.2) is 0 Å². The molecule has 0 bridgehead atoms. The second-order valence-corrected chi connectivity index (χ2v) is 4.82. The number of hydrogen-bond donors (Lipinski definition) is 3. The smallest absolute Gasteiger partial charge is 0.238 e. The molecule has 0 aliphatic rings. The van der Waals surface area contributed by atoms with E-state index < -0.39 is 0 Å². The van der Waals surface area contributed by atoms with Crippen molar-refractivity contribution in [1.29, 1.82) is 0 Å². The molecule has 2 amide bonds. The summed E-state index contributed by atoms with van der Waals surface area (Å²) in [6.45, 7) is 3.94. The van der Waals surface area contributed by atoms with Gasteiger partial charge in [0.2, 0.25) is 11.8 Å². The third-order valence-electron chi connectivity index (χ3n) is 2.13. The lowest BCUT2D eigenvalue weighted by atomic mass is 10.3. The Morgan fingerprint density at radius 3 is 2.53 bits per heavy atom. The lowest BCUT2D eigenvalue weighted by molar-refractivity contribution is -0.120. The molecule has 0 aliphatic carbocycles. The van der Waals surface area contributed by atoms with Gasteiger partial charge >= 0.3 is 0 Å². The first kappa shape index (κ1) is 15.5. The molecule has 1 aromatic rings. The molecule has 1 rings (SSSR count). The highest BCUT2D eigenvalue weighted by Gasteiger charge is 2.05. The van der Waals surface area contributed by atoms with Crippen LogP contribution in [0.2, 0.25) is 5.02 Å². The molecule has 6 heteroatoms. The highest BCUT2D eigenvalue weighted by Crippen LogP contribution is 2.14. The first-order valence-electron chi connectivity index (χ1n) is 6.03. The van der Waals surface area contributed by atoms with E-state index in [0.717, 1.165) is 0 Å². The molecule has 0 saturated carbocycles. The van der Waals surface area contributed by atoms with Gasteiger partial charge in [-0.05, 0) is 32.0 Å². The van der Waals surface area contributed by atoms with E-state index in [4.69, 9.17) is 11.6 Å². The van der Waals surface area contributed by atoms with Gasteiger partial charge < -0.3 is 10.6 Å². The summed E-state index contributed by atoms with van der Waals surface area (Å²) in [5.41, 5.74) is 0.630. The number of amides is 2. The molecule has 0 aliphatic heterocycles. The minimum Gasteiger partial charge on any atom is -0.353 e. The first-order valence-corrected chi connectivity index (χ1v) is 6.40. The van der Waals surface area contributed by atoms with Gasteiger partial charge in [0.05, 0.1) is 13.1 Å². The van der Waals surface area contributed by atoms with Crippen molar-refractivity contribution in [2.24, 2.45) is 0 Å². The third kappa shape index (κ3) is 6.79. The molecule has 0 atom stereocenters. The van der Waals surface area contributed by atoms with Crippen LogP contribution in [0.4, 0.5) is 5.69 Å². The molecule has 0 radical (unpaired) electrons. The quantitative estimate of drug-likeness (QED) is 0.739. The Morgan fingerprint density at radius 1 is 1.21 bits per heavy atom. The minimum atomic E-state index is -0.223. The fourth-order valence-electron chi connectivity index (χ4n) is 1.43. The van der Waals surface area contributed by atoms with Crippen molar-refractivity contribution < 1.29 is 9.59 Å². The van der Waals surface area contributed by atoms with Gasteiger partial charge in [0.1, 0.15) is 0 Å². The zero-order chi connectivity index (χ0) is 14.3. The Labute approximate surface area is 117 Å². The maximum absolute atomic E-state index is 11.6. The summed E-state index contributed by atoms with van der Waals surface area (Å²) >= 11 is 5.80. The number of benzene rings is 1. The second-order valence-electron chi connectivity index (χ2n) is 4.38. The highest BCUT2D eigenvalue weighted by atomic mass is 35.5. The zero-order valence-corrected chi connectivity index (χ0v) is 11.8. The second kappa shape index (κ2) is 7.76. The van der Waals surface area contributed by atoms with Crippen molar-refractivity contribution >= 4 is 29.1 Å². The Morgan fingerprint density at radius 2 is 1.89 bits per heavy atom. The van der Waals surface area contributed by atoms with Crippen LogP contribution < -0.4 is 16.0 Å².